The molecular weight excluding hydrogens is 158 g/mol. The van der Waals surface area contributed by atoms with Gasteiger partial charge < -0.3 is 4.90 Å². The van der Waals surface area contributed by atoms with Crippen LogP contribution in [0.15, 0.2) is 0 Å². The summed E-state index contributed by atoms with van der Waals surface area (Å²) in [5, 5.41) is 0. The van der Waals surface area contributed by atoms with Gasteiger partial charge in [-0.1, -0.05) is 6.42 Å². The van der Waals surface area contributed by atoms with Gasteiger partial charge in [-0.15, -0.1) is 0 Å². The van der Waals surface area contributed by atoms with E-state index in [4.69, 9.17) is 0 Å². The van der Waals surface area contributed by atoms with Gasteiger partial charge >= 0.3 is 0 Å². The van der Waals surface area contributed by atoms with Gasteiger partial charge in [0.15, 0.2) is 0 Å². The lowest BCUT2D eigenvalue weighted by atomic mass is 9.64. The smallest absolute Gasteiger partial charge is 0.00385 e. The van der Waals surface area contributed by atoms with Gasteiger partial charge in [-0.2, -0.15) is 0 Å². The summed E-state index contributed by atoms with van der Waals surface area (Å²) in [7, 11) is 0. The van der Waals surface area contributed by atoms with Gasteiger partial charge in [-0.05, 0) is 64.5 Å². The van der Waals surface area contributed by atoms with E-state index in [0.29, 0.717) is 0 Å². The van der Waals surface area contributed by atoms with E-state index in [1.807, 2.05) is 0 Å². The fourth-order valence-electron chi connectivity index (χ4n) is 2.97. The first-order chi connectivity index (χ1) is 6.22. The molecule has 1 saturated heterocycles. The predicted molar refractivity (Wildman–Crippen MR) is 56.8 cm³/mol. The largest absolute Gasteiger partial charge is 0.301 e. The Balaban J connectivity index is 1.90. The van der Waals surface area contributed by atoms with E-state index in [2.05, 4.69) is 18.7 Å². The molecule has 1 aliphatic heterocycles. The van der Waals surface area contributed by atoms with Crippen LogP contribution in [0.1, 0.15) is 52.4 Å². The zero-order valence-electron chi connectivity index (χ0n) is 9.18. The fourth-order valence-corrected chi connectivity index (χ4v) is 2.97. The van der Waals surface area contributed by atoms with E-state index in [9.17, 15) is 0 Å². The minimum absolute atomic E-state index is 0.759. The molecule has 0 aromatic rings. The number of rotatable bonds is 1. The summed E-state index contributed by atoms with van der Waals surface area (Å²) in [6.07, 6.45) is 8.99. The van der Waals surface area contributed by atoms with Gasteiger partial charge in [0.05, 0.1) is 0 Å². The van der Waals surface area contributed by atoms with Crippen LogP contribution in [0, 0.1) is 5.41 Å². The molecule has 0 amide bonds. The van der Waals surface area contributed by atoms with Crippen molar-refractivity contribution in [2.75, 3.05) is 13.1 Å². The minimum atomic E-state index is 0.759. The van der Waals surface area contributed by atoms with Crippen LogP contribution in [0.3, 0.4) is 0 Å². The van der Waals surface area contributed by atoms with Gasteiger partial charge in [-0.25, -0.2) is 0 Å². The average molecular weight is 181 g/mol. The second-order valence-electron chi connectivity index (χ2n) is 5.34. The molecule has 2 rings (SSSR count). The van der Waals surface area contributed by atoms with Crippen molar-refractivity contribution in [1.29, 1.82) is 0 Å². The van der Waals surface area contributed by atoms with E-state index in [-0.39, 0.29) is 0 Å². The Hall–Kier alpha value is -0.0400. The monoisotopic (exact) mass is 181 g/mol. The Kier molecular flexibility index (Phi) is 2.64. The Bertz CT molecular complexity index is 170. The van der Waals surface area contributed by atoms with Crippen molar-refractivity contribution >= 4 is 0 Å². The zero-order valence-corrected chi connectivity index (χ0v) is 9.18. The van der Waals surface area contributed by atoms with Crippen LogP contribution in [0.2, 0.25) is 0 Å². The summed E-state index contributed by atoms with van der Waals surface area (Å²) in [6.45, 7) is 7.37. The Morgan fingerprint density at radius 3 is 2.15 bits per heavy atom. The third kappa shape index (κ3) is 1.90. The third-order valence-electron chi connectivity index (χ3n) is 4.23. The predicted octanol–water partition coefficient (Wildman–Crippen LogP) is 3.05. The lowest BCUT2D eigenvalue weighted by Crippen LogP contribution is -2.34. The SMILES string of the molecule is CC(C)N1CCCC2(CCC2)CC1. The molecule has 1 saturated carbocycles. The number of hydrogen-bond donors (Lipinski definition) is 0. The molecule has 0 atom stereocenters. The standard InChI is InChI=1S/C12H23N/c1-11(2)13-9-4-7-12(8-10-13)5-3-6-12/h11H,3-10H2,1-2H3. The molecule has 0 N–H and O–H groups in total. The molecular formula is C12H23N. The third-order valence-corrected chi connectivity index (χ3v) is 4.23. The van der Waals surface area contributed by atoms with E-state index >= 15 is 0 Å². The van der Waals surface area contributed by atoms with E-state index in [1.165, 1.54) is 51.6 Å². The first-order valence-corrected chi connectivity index (χ1v) is 5.96. The highest BCUT2D eigenvalue weighted by atomic mass is 15.1. The fraction of sp³-hybridized carbons (Fsp3) is 1.00. The van der Waals surface area contributed by atoms with Crippen LogP contribution in [-0.4, -0.2) is 24.0 Å². The van der Waals surface area contributed by atoms with E-state index in [1.54, 1.807) is 0 Å². The lowest BCUT2D eigenvalue weighted by Gasteiger charge is -2.41. The molecule has 0 aromatic heterocycles. The second kappa shape index (κ2) is 3.61. The highest BCUT2D eigenvalue weighted by molar-refractivity contribution is 4.90. The van der Waals surface area contributed by atoms with Crippen LogP contribution in [0.25, 0.3) is 0 Å². The molecule has 2 aliphatic rings. The number of likely N-dealkylation sites (tertiary alicyclic amines) is 1. The summed E-state index contributed by atoms with van der Waals surface area (Å²) in [6, 6.07) is 0.759. The Morgan fingerprint density at radius 2 is 1.62 bits per heavy atom. The molecule has 0 bridgehead atoms. The maximum absolute atomic E-state index is 2.66. The maximum Gasteiger partial charge on any atom is 0.00385 e. The highest BCUT2D eigenvalue weighted by Gasteiger charge is 2.37. The van der Waals surface area contributed by atoms with Crippen molar-refractivity contribution < 1.29 is 0 Å². The first kappa shape index (κ1) is 9.51. The molecule has 0 radical (unpaired) electrons. The van der Waals surface area contributed by atoms with Crippen molar-refractivity contribution in [3.8, 4) is 0 Å². The molecule has 2 fully saturated rings. The summed E-state index contributed by atoms with van der Waals surface area (Å²) in [4.78, 5) is 2.66. The van der Waals surface area contributed by atoms with E-state index < -0.39 is 0 Å². The van der Waals surface area contributed by atoms with Crippen molar-refractivity contribution in [1.82, 2.24) is 4.90 Å². The van der Waals surface area contributed by atoms with Crippen LogP contribution in [0.5, 0.6) is 0 Å². The Morgan fingerprint density at radius 1 is 0.923 bits per heavy atom. The number of nitrogens with zero attached hydrogens (tertiary/aromatic N) is 1. The zero-order chi connectivity index (χ0) is 9.31. The number of hydrogen-bond acceptors (Lipinski definition) is 1. The highest BCUT2D eigenvalue weighted by Crippen LogP contribution is 2.48. The van der Waals surface area contributed by atoms with Gasteiger partial charge in [0.25, 0.3) is 0 Å². The molecule has 76 valence electrons. The second-order valence-corrected chi connectivity index (χ2v) is 5.34. The van der Waals surface area contributed by atoms with Gasteiger partial charge in [0.2, 0.25) is 0 Å². The average Bonchev–Trinajstić information content (AvgIpc) is 2.24. The Labute approximate surface area is 82.5 Å². The van der Waals surface area contributed by atoms with Crippen molar-refractivity contribution in [3.63, 3.8) is 0 Å². The van der Waals surface area contributed by atoms with Crippen LogP contribution in [-0.2, 0) is 0 Å². The van der Waals surface area contributed by atoms with Gasteiger partial charge in [0, 0.05) is 6.04 Å². The molecule has 1 heteroatoms. The molecule has 1 aliphatic carbocycles. The van der Waals surface area contributed by atoms with Crippen LogP contribution in [0.4, 0.5) is 0 Å². The summed E-state index contributed by atoms with van der Waals surface area (Å²) in [5.74, 6) is 0. The summed E-state index contributed by atoms with van der Waals surface area (Å²) in [5.41, 5.74) is 0.809. The van der Waals surface area contributed by atoms with Crippen molar-refractivity contribution in [2.45, 2.75) is 58.4 Å². The summed E-state index contributed by atoms with van der Waals surface area (Å²) < 4.78 is 0. The molecule has 13 heavy (non-hydrogen) atoms. The van der Waals surface area contributed by atoms with Gasteiger partial charge in [0.1, 0.15) is 0 Å². The molecule has 0 aromatic carbocycles. The molecule has 1 nitrogen and oxygen atoms in total. The maximum atomic E-state index is 2.66. The molecule has 1 heterocycles. The van der Waals surface area contributed by atoms with Crippen LogP contribution < -0.4 is 0 Å². The quantitative estimate of drug-likeness (QED) is 0.601. The first-order valence-electron chi connectivity index (χ1n) is 5.96. The normalized spacial score (nSPS) is 28.8. The van der Waals surface area contributed by atoms with Gasteiger partial charge in [-0.3, -0.25) is 0 Å². The van der Waals surface area contributed by atoms with Crippen molar-refractivity contribution in [3.05, 3.63) is 0 Å². The minimum Gasteiger partial charge on any atom is -0.301 e. The van der Waals surface area contributed by atoms with Crippen molar-refractivity contribution in [2.24, 2.45) is 5.41 Å². The van der Waals surface area contributed by atoms with E-state index in [0.717, 1.165) is 11.5 Å². The molecule has 0 unspecified atom stereocenters. The topological polar surface area (TPSA) is 3.24 Å². The molecule has 1 spiro atoms. The van der Waals surface area contributed by atoms with Crippen LogP contribution >= 0.6 is 0 Å². The summed E-state index contributed by atoms with van der Waals surface area (Å²) >= 11 is 0. The lowest BCUT2D eigenvalue weighted by molar-refractivity contribution is 0.106.